The number of pyridine rings is 1. The summed E-state index contributed by atoms with van der Waals surface area (Å²) in [6.45, 7) is 0. The molecule has 4 aromatic rings. The second-order valence-electron chi connectivity index (χ2n) is 6.99. The third kappa shape index (κ3) is 4.67. The maximum atomic E-state index is 13.7. The lowest BCUT2D eigenvalue weighted by atomic mass is 10.0. The standard InChI is InChI=1S/C23H21N5O3S2/c1-25-11-14-9-13(3-8-18(14)24)17-10-19-21(27-20(30-2)12-26-19)28(22(17)29)15-4-6-16(7-5-15)31-23(32)33/h3-12,23,32-33H,24H2,1-2H3. The van der Waals surface area contributed by atoms with E-state index in [9.17, 15) is 4.79 Å². The molecule has 33 heavy (non-hydrogen) atoms. The molecule has 0 aliphatic carbocycles. The van der Waals surface area contributed by atoms with Gasteiger partial charge in [0.2, 0.25) is 5.88 Å². The molecule has 10 heteroatoms. The van der Waals surface area contributed by atoms with Crippen LogP contribution in [-0.4, -0.2) is 39.7 Å². The molecule has 0 radical (unpaired) electrons. The van der Waals surface area contributed by atoms with E-state index in [2.05, 4.69) is 40.2 Å². The number of thiol groups is 2. The molecule has 0 saturated heterocycles. The highest BCUT2D eigenvalue weighted by molar-refractivity contribution is 7.98. The van der Waals surface area contributed by atoms with E-state index in [1.165, 1.54) is 17.9 Å². The van der Waals surface area contributed by atoms with Gasteiger partial charge in [-0.05, 0) is 48.0 Å². The molecule has 0 fully saturated rings. The molecule has 0 aliphatic heterocycles. The van der Waals surface area contributed by atoms with Crippen LogP contribution in [0.2, 0.25) is 0 Å². The Balaban J connectivity index is 1.97. The Hall–Kier alpha value is -3.50. The summed E-state index contributed by atoms with van der Waals surface area (Å²) < 4.78 is 11.6. The van der Waals surface area contributed by atoms with E-state index in [1.54, 1.807) is 55.7 Å². The van der Waals surface area contributed by atoms with Crippen molar-refractivity contribution < 1.29 is 9.47 Å². The summed E-state index contributed by atoms with van der Waals surface area (Å²) in [4.78, 5) is 26.7. The van der Waals surface area contributed by atoms with Gasteiger partial charge < -0.3 is 15.2 Å². The monoisotopic (exact) mass is 479 g/mol. The number of ether oxygens (including phenoxy) is 2. The normalized spacial score (nSPS) is 11.4. The first-order valence-electron chi connectivity index (χ1n) is 9.83. The third-order valence-corrected chi connectivity index (χ3v) is 5.11. The van der Waals surface area contributed by atoms with Gasteiger partial charge in [0, 0.05) is 30.1 Å². The quantitative estimate of drug-likeness (QED) is 0.169. The smallest absolute Gasteiger partial charge is 0.264 e. The molecule has 2 heterocycles. The molecule has 8 nitrogen and oxygen atoms in total. The molecule has 2 aromatic heterocycles. The van der Waals surface area contributed by atoms with E-state index in [1.807, 2.05) is 6.07 Å². The Kier molecular flexibility index (Phi) is 6.57. The summed E-state index contributed by atoms with van der Waals surface area (Å²) in [5, 5.41) is 0. The predicted molar refractivity (Wildman–Crippen MR) is 137 cm³/mol. The van der Waals surface area contributed by atoms with Gasteiger partial charge in [0.15, 0.2) is 10.4 Å². The third-order valence-electron chi connectivity index (χ3n) is 4.90. The molecule has 0 amide bonds. The summed E-state index contributed by atoms with van der Waals surface area (Å²) in [5.41, 5.74) is 9.67. The molecule has 0 saturated carbocycles. The number of rotatable bonds is 6. The van der Waals surface area contributed by atoms with Crippen molar-refractivity contribution in [1.82, 2.24) is 14.5 Å². The number of hydrogen-bond acceptors (Lipinski definition) is 9. The van der Waals surface area contributed by atoms with Crippen LogP contribution >= 0.6 is 25.3 Å². The zero-order valence-corrected chi connectivity index (χ0v) is 19.6. The molecule has 2 aromatic carbocycles. The highest BCUT2D eigenvalue weighted by atomic mass is 32.2. The molecule has 0 aliphatic rings. The SMILES string of the molecule is CN=Cc1cc(-c2cc3ncc(OC)nc3n(-c3ccc(OC(S)S)cc3)c2=O)ccc1N. The number of fused-ring (bicyclic) bond motifs is 1. The first-order valence-corrected chi connectivity index (χ1v) is 10.9. The zero-order valence-electron chi connectivity index (χ0n) is 17.8. The van der Waals surface area contributed by atoms with Crippen molar-refractivity contribution in [2.75, 3.05) is 19.9 Å². The number of nitrogen functional groups attached to an aromatic ring is 1. The second kappa shape index (κ2) is 9.55. The maximum absolute atomic E-state index is 13.7. The molecule has 0 bridgehead atoms. The first-order chi connectivity index (χ1) is 15.9. The van der Waals surface area contributed by atoms with E-state index < -0.39 is 4.77 Å². The lowest BCUT2D eigenvalue weighted by Crippen LogP contribution is -2.22. The number of benzene rings is 2. The van der Waals surface area contributed by atoms with Gasteiger partial charge in [-0.15, -0.1) is 25.3 Å². The van der Waals surface area contributed by atoms with Crippen molar-refractivity contribution in [3.8, 4) is 28.4 Å². The fourth-order valence-corrected chi connectivity index (χ4v) is 3.63. The lowest BCUT2D eigenvalue weighted by molar-refractivity contribution is 0.369. The van der Waals surface area contributed by atoms with Gasteiger partial charge >= 0.3 is 0 Å². The van der Waals surface area contributed by atoms with Crippen LogP contribution in [0.4, 0.5) is 5.69 Å². The van der Waals surface area contributed by atoms with Gasteiger partial charge in [0.25, 0.3) is 5.56 Å². The molecular formula is C23H21N5O3S2. The minimum atomic E-state index is -0.566. The largest absolute Gasteiger partial charge is 0.480 e. The van der Waals surface area contributed by atoms with Crippen LogP contribution in [-0.2, 0) is 0 Å². The predicted octanol–water partition coefficient (Wildman–Crippen LogP) is 3.61. The van der Waals surface area contributed by atoms with Crippen LogP contribution in [0.25, 0.3) is 28.0 Å². The molecule has 0 atom stereocenters. The van der Waals surface area contributed by atoms with Gasteiger partial charge in [-0.3, -0.25) is 14.4 Å². The Morgan fingerprint density at radius 2 is 1.91 bits per heavy atom. The molecular weight excluding hydrogens is 458 g/mol. The summed E-state index contributed by atoms with van der Waals surface area (Å²) >= 11 is 8.23. The number of nitrogens with two attached hydrogens (primary N) is 1. The minimum Gasteiger partial charge on any atom is -0.480 e. The fourth-order valence-electron chi connectivity index (χ4n) is 3.39. The average molecular weight is 480 g/mol. The number of hydrogen-bond donors (Lipinski definition) is 3. The van der Waals surface area contributed by atoms with Gasteiger partial charge in [-0.25, -0.2) is 4.98 Å². The Morgan fingerprint density at radius 3 is 2.58 bits per heavy atom. The van der Waals surface area contributed by atoms with Gasteiger partial charge in [0.05, 0.1) is 19.0 Å². The van der Waals surface area contributed by atoms with Crippen LogP contribution < -0.4 is 20.8 Å². The van der Waals surface area contributed by atoms with Crippen LogP contribution in [0.1, 0.15) is 5.56 Å². The van der Waals surface area contributed by atoms with E-state index in [4.69, 9.17) is 15.2 Å². The highest BCUT2D eigenvalue weighted by Gasteiger charge is 2.16. The Bertz CT molecular complexity index is 1400. The average Bonchev–Trinajstić information content (AvgIpc) is 2.80. The molecule has 168 valence electrons. The van der Waals surface area contributed by atoms with Crippen molar-refractivity contribution in [2.24, 2.45) is 4.99 Å². The topological polar surface area (TPSA) is 105 Å². The number of anilines is 1. The minimum absolute atomic E-state index is 0.274. The highest BCUT2D eigenvalue weighted by Crippen LogP contribution is 2.26. The first kappa shape index (κ1) is 22.7. The van der Waals surface area contributed by atoms with Crippen molar-refractivity contribution in [3.05, 3.63) is 70.6 Å². The molecule has 2 N–H and O–H groups in total. The summed E-state index contributed by atoms with van der Waals surface area (Å²) in [5.74, 6) is 0.859. The number of methoxy groups -OCH3 is 1. The van der Waals surface area contributed by atoms with Crippen molar-refractivity contribution in [3.63, 3.8) is 0 Å². The van der Waals surface area contributed by atoms with Crippen LogP contribution in [0.3, 0.4) is 0 Å². The summed E-state index contributed by atoms with van der Waals surface area (Å²) in [6, 6.07) is 14.0. The fraction of sp³-hybridized carbons (Fsp3) is 0.130. The van der Waals surface area contributed by atoms with E-state index >= 15 is 0 Å². The Morgan fingerprint density at radius 1 is 1.15 bits per heavy atom. The van der Waals surface area contributed by atoms with E-state index in [0.717, 1.165) is 5.56 Å². The summed E-state index contributed by atoms with van der Waals surface area (Å²) in [6.07, 6.45) is 3.16. The number of nitrogens with zero attached hydrogens (tertiary/aromatic N) is 4. The second-order valence-corrected chi connectivity index (χ2v) is 8.33. The number of aliphatic imine (C=N–C) groups is 1. The summed E-state index contributed by atoms with van der Waals surface area (Å²) in [7, 11) is 3.16. The molecule has 0 unspecified atom stereocenters. The number of aromatic nitrogens is 3. The lowest BCUT2D eigenvalue weighted by Gasteiger charge is -2.14. The van der Waals surface area contributed by atoms with Crippen molar-refractivity contribution in [1.29, 1.82) is 0 Å². The molecule has 4 rings (SSSR count). The van der Waals surface area contributed by atoms with Gasteiger partial charge in [-0.1, -0.05) is 6.07 Å². The maximum Gasteiger partial charge on any atom is 0.264 e. The zero-order chi connectivity index (χ0) is 23.5. The van der Waals surface area contributed by atoms with Crippen molar-refractivity contribution >= 4 is 48.3 Å². The van der Waals surface area contributed by atoms with Crippen molar-refractivity contribution in [2.45, 2.75) is 4.77 Å². The van der Waals surface area contributed by atoms with E-state index in [0.29, 0.717) is 45.3 Å². The van der Waals surface area contributed by atoms with Crippen LogP contribution in [0, 0.1) is 0 Å². The van der Waals surface area contributed by atoms with Crippen LogP contribution in [0.5, 0.6) is 11.6 Å². The van der Waals surface area contributed by atoms with Gasteiger partial charge in [0.1, 0.15) is 11.3 Å². The van der Waals surface area contributed by atoms with Gasteiger partial charge in [-0.2, -0.15) is 4.98 Å². The van der Waals surface area contributed by atoms with Crippen LogP contribution in [0.15, 0.2) is 64.5 Å². The molecule has 0 spiro atoms. The van der Waals surface area contributed by atoms with E-state index in [-0.39, 0.29) is 5.56 Å². The Labute approximate surface area is 200 Å².